The second-order valence-corrected chi connectivity index (χ2v) is 9.49. The summed E-state index contributed by atoms with van der Waals surface area (Å²) in [6.07, 6.45) is -0.00294. The summed E-state index contributed by atoms with van der Waals surface area (Å²) in [6, 6.07) is 25.2. The van der Waals surface area contributed by atoms with Gasteiger partial charge in [-0.05, 0) is 46.1 Å². The average molecular weight is 496 g/mol. The Kier molecular flexibility index (Phi) is 5.79. The number of fused-ring (bicyclic) bond motifs is 2. The monoisotopic (exact) mass is 494 g/mol. The molecule has 2 aliphatic rings. The zero-order chi connectivity index (χ0) is 21.4. The van der Waals surface area contributed by atoms with Crippen molar-refractivity contribution in [2.24, 2.45) is 0 Å². The Hall–Kier alpha value is -2.27. The summed E-state index contributed by atoms with van der Waals surface area (Å²) in [5.41, 5.74) is 6.24. The summed E-state index contributed by atoms with van der Waals surface area (Å²) in [5.74, 6) is 0.880. The molecule has 0 saturated carbocycles. The van der Waals surface area contributed by atoms with Crippen LogP contribution in [0.25, 0.3) is 5.70 Å². The molecule has 0 spiro atoms. The third-order valence-electron chi connectivity index (χ3n) is 5.90. The molecule has 0 fully saturated rings. The SMILES string of the molecule is CC1Oc2c(Br)cc(Cl)cc2C2=C1CN(Cc1ccccc1)CN2Cc1ccccc1. The van der Waals surface area contributed by atoms with Gasteiger partial charge in [0, 0.05) is 35.8 Å². The van der Waals surface area contributed by atoms with Crippen molar-refractivity contribution in [3.63, 3.8) is 0 Å². The number of hydrogen-bond acceptors (Lipinski definition) is 3. The van der Waals surface area contributed by atoms with Crippen molar-refractivity contribution < 1.29 is 4.74 Å². The molecule has 2 aliphatic heterocycles. The Labute approximate surface area is 197 Å². The van der Waals surface area contributed by atoms with E-state index in [1.54, 1.807) is 0 Å². The first-order valence-electron chi connectivity index (χ1n) is 10.5. The topological polar surface area (TPSA) is 15.7 Å². The van der Waals surface area contributed by atoms with Crippen LogP contribution in [0.15, 0.2) is 82.8 Å². The molecule has 0 amide bonds. The first kappa shape index (κ1) is 20.6. The van der Waals surface area contributed by atoms with E-state index in [4.69, 9.17) is 16.3 Å². The molecule has 0 saturated heterocycles. The fourth-order valence-corrected chi connectivity index (χ4v) is 5.43. The molecule has 5 rings (SSSR count). The van der Waals surface area contributed by atoms with Crippen LogP contribution in [-0.2, 0) is 13.1 Å². The number of rotatable bonds is 4. The lowest BCUT2D eigenvalue weighted by atomic mass is 9.94. The quantitative estimate of drug-likeness (QED) is 0.407. The number of ether oxygens (including phenoxy) is 1. The Morgan fingerprint density at radius 1 is 0.968 bits per heavy atom. The van der Waals surface area contributed by atoms with E-state index >= 15 is 0 Å². The maximum atomic E-state index is 6.46. The van der Waals surface area contributed by atoms with Crippen LogP contribution in [0.2, 0.25) is 5.02 Å². The minimum absolute atomic E-state index is 0.00294. The highest BCUT2D eigenvalue weighted by Gasteiger charge is 2.35. The first-order chi connectivity index (χ1) is 15.1. The van der Waals surface area contributed by atoms with Crippen molar-refractivity contribution in [1.82, 2.24) is 9.80 Å². The standard InChI is InChI=1S/C26H24BrClN2O/c1-18-23-16-29(14-19-8-4-2-5-9-19)17-30(15-20-10-6-3-7-11-20)25(23)22-12-21(28)13-24(27)26(22)31-18/h2-13,18H,14-17H2,1H3. The van der Waals surface area contributed by atoms with Crippen LogP contribution in [0.1, 0.15) is 23.6 Å². The zero-order valence-corrected chi connectivity index (χ0v) is 19.7. The molecule has 0 N–H and O–H groups in total. The smallest absolute Gasteiger partial charge is 0.143 e. The summed E-state index contributed by atoms with van der Waals surface area (Å²) in [4.78, 5) is 4.96. The Bertz CT molecular complexity index is 1120. The molecule has 1 atom stereocenters. The number of benzene rings is 3. The van der Waals surface area contributed by atoms with E-state index in [0.29, 0.717) is 5.02 Å². The van der Waals surface area contributed by atoms with Gasteiger partial charge in [0.25, 0.3) is 0 Å². The van der Waals surface area contributed by atoms with E-state index in [0.717, 1.165) is 42.1 Å². The lowest BCUT2D eigenvalue weighted by Gasteiger charge is -2.44. The van der Waals surface area contributed by atoms with Gasteiger partial charge in [-0.2, -0.15) is 0 Å². The number of hydrogen-bond donors (Lipinski definition) is 0. The summed E-state index contributed by atoms with van der Waals surface area (Å²) >= 11 is 10.1. The predicted octanol–water partition coefficient (Wildman–Crippen LogP) is 6.57. The molecule has 1 unspecified atom stereocenters. The maximum Gasteiger partial charge on any atom is 0.143 e. The van der Waals surface area contributed by atoms with Gasteiger partial charge in [0.05, 0.1) is 16.8 Å². The van der Waals surface area contributed by atoms with Crippen LogP contribution in [-0.4, -0.2) is 29.1 Å². The Balaban J connectivity index is 1.57. The minimum atomic E-state index is -0.00294. The molecule has 0 radical (unpaired) electrons. The molecule has 0 aromatic heterocycles. The normalized spacial score (nSPS) is 18.4. The minimum Gasteiger partial charge on any atom is -0.484 e. The highest BCUT2D eigenvalue weighted by molar-refractivity contribution is 9.10. The third-order valence-corrected chi connectivity index (χ3v) is 6.71. The van der Waals surface area contributed by atoms with Crippen LogP contribution in [0.4, 0.5) is 0 Å². The highest BCUT2D eigenvalue weighted by atomic mass is 79.9. The number of nitrogens with zero attached hydrogens (tertiary/aromatic N) is 2. The van der Waals surface area contributed by atoms with Gasteiger partial charge in [-0.3, -0.25) is 4.90 Å². The van der Waals surface area contributed by atoms with Crippen molar-refractivity contribution >= 4 is 33.2 Å². The maximum absolute atomic E-state index is 6.46. The van der Waals surface area contributed by atoms with Crippen LogP contribution in [0, 0.1) is 0 Å². The van der Waals surface area contributed by atoms with Gasteiger partial charge in [0.2, 0.25) is 0 Å². The summed E-state index contributed by atoms with van der Waals surface area (Å²) in [7, 11) is 0. The highest BCUT2D eigenvalue weighted by Crippen LogP contribution is 2.45. The van der Waals surface area contributed by atoms with Crippen molar-refractivity contribution in [2.75, 3.05) is 13.2 Å². The summed E-state index contributed by atoms with van der Waals surface area (Å²) in [5, 5.41) is 0.710. The van der Waals surface area contributed by atoms with Gasteiger partial charge in [-0.1, -0.05) is 72.3 Å². The largest absolute Gasteiger partial charge is 0.484 e. The van der Waals surface area contributed by atoms with Gasteiger partial charge in [-0.25, -0.2) is 0 Å². The zero-order valence-electron chi connectivity index (χ0n) is 17.4. The van der Waals surface area contributed by atoms with Crippen LogP contribution in [0.5, 0.6) is 5.75 Å². The van der Waals surface area contributed by atoms with Gasteiger partial charge in [-0.15, -0.1) is 0 Å². The molecule has 0 bridgehead atoms. The van der Waals surface area contributed by atoms with Crippen molar-refractivity contribution in [2.45, 2.75) is 26.1 Å². The molecule has 0 aliphatic carbocycles. The summed E-state index contributed by atoms with van der Waals surface area (Å²) < 4.78 is 7.27. The van der Waals surface area contributed by atoms with E-state index in [1.807, 2.05) is 12.1 Å². The van der Waals surface area contributed by atoms with Crippen molar-refractivity contribution in [3.8, 4) is 5.75 Å². The molecule has 31 heavy (non-hydrogen) atoms. The van der Waals surface area contributed by atoms with E-state index < -0.39 is 0 Å². The van der Waals surface area contributed by atoms with Crippen LogP contribution in [0.3, 0.4) is 0 Å². The summed E-state index contributed by atoms with van der Waals surface area (Å²) in [6.45, 7) is 5.61. The van der Waals surface area contributed by atoms with E-state index in [1.165, 1.54) is 22.4 Å². The van der Waals surface area contributed by atoms with E-state index in [-0.39, 0.29) is 6.10 Å². The van der Waals surface area contributed by atoms with Gasteiger partial charge in [0.1, 0.15) is 11.9 Å². The molecule has 3 aromatic carbocycles. The predicted molar refractivity (Wildman–Crippen MR) is 130 cm³/mol. The molecule has 158 valence electrons. The van der Waals surface area contributed by atoms with Gasteiger partial charge >= 0.3 is 0 Å². The molecular weight excluding hydrogens is 472 g/mol. The fourth-order valence-electron chi connectivity index (χ4n) is 4.53. The molecule has 2 heterocycles. The molecule has 5 heteroatoms. The van der Waals surface area contributed by atoms with Crippen molar-refractivity contribution in [1.29, 1.82) is 0 Å². The molecule has 3 aromatic rings. The second kappa shape index (κ2) is 8.70. The fraction of sp³-hybridized carbons (Fsp3) is 0.231. The molecule has 3 nitrogen and oxygen atoms in total. The average Bonchev–Trinajstić information content (AvgIpc) is 2.76. The first-order valence-corrected chi connectivity index (χ1v) is 11.7. The van der Waals surface area contributed by atoms with E-state index in [2.05, 4.69) is 93.3 Å². The Morgan fingerprint density at radius 3 is 2.29 bits per heavy atom. The van der Waals surface area contributed by atoms with Crippen LogP contribution < -0.4 is 4.74 Å². The lowest BCUT2D eigenvalue weighted by Crippen LogP contribution is -2.46. The Morgan fingerprint density at radius 2 is 1.61 bits per heavy atom. The molecular formula is C26H24BrClN2O. The number of halogens is 2. The van der Waals surface area contributed by atoms with Gasteiger partial charge < -0.3 is 9.64 Å². The second-order valence-electron chi connectivity index (χ2n) is 8.20. The lowest BCUT2D eigenvalue weighted by molar-refractivity contribution is 0.135. The van der Waals surface area contributed by atoms with Gasteiger partial charge in [0.15, 0.2) is 0 Å². The van der Waals surface area contributed by atoms with Crippen molar-refractivity contribution in [3.05, 3.63) is 105 Å². The van der Waals surface area contributed by atoms with Crippen LogP contribution >= 0.6 is 27.5 Å². The van der Waals surface area contributed by atoms with E-state index in [9.17, 15) is 0 Å². The third kappa shape index (κ3) is 4.25.